The molecule has 0 saturated heterocycles. The fourth-order valence-electron chi connectivity index (χ4n) is 3.31. The van der Waals surface area contributed by atoms with Crippen molar-refractivity contribution >= 4 is 17.3 Å². The first-order valence-corrected chi connectivity index (χ1v) is 10.4. The van der Waals surface area contributed by atoms with Crippen LogP contribution in [0.5, 0.6) is 0 Å². The number of anilines is 1. The molecule has 1 atom stereocenters. The van der Waals surface area contributed by atoms with E-state index in [4.69, 9.17) is 11.6 Å². The van der Waals surface area contributed by atoms with Gasteiger partial charge >= 0.3 is 0 Å². The summed E-state index contributed by atoms with van der Waals surface area (Å²) in [4.78, 5) is 4.69. The van der Waals surface area contributed by atoms with E-state index in [0.29, 0.717) is 11.6 Å². The second-order valence-corrected chi connectivity index (χ2v) is 7.43. The molecule has 0 saturated carbocycles. The van der Waals surface area contributed by atoms with Gasteiger partial charge in [-0.15, -0.1) is 0 Å². The Kier molecular flexibility index (Phi) is 9.12. The Morgan fingerprint density at radius 2 is 1.56 bits per heavy atom. The first-order valence-electron chi connectivity index (χ1n) is 10.1. The van der Waals surface area contributed by atoms with Gasteiger partial charge < -0.3 is 10.0 Å². The van der Waals surface area contributed by atoms with Crippen LogP contribution in [-0.4, -0.2) is 36.2 Å². The summed E-state index contributed by atoms with van der Waals surface area (Å²) in [6.45, 7) is 11.1. The minimum atomic E-state index is -0.505. The molecule has 0 amide bonds. The lowest BCUT2D eigenvalue weighted by Crippen LogP contribution is -2.29. The second-order valence-electron chi connectivity index (χ2n) is 6.99. The maximum atomic E-state index is 10.6. The summed E-state index contributed by atoms with van der Waals surface area (Å²) in [7, 11) is 0. The minimum absolute atomic E-state index is 0.505. The molecule has 148 valence electrons. The molecule has 0 aromatic heterocycles. The molecule has 0 spiro atoms. The van der Waals surface area contributed by atoms with E-state index in [2.05, 4.69) is 54.8 Å². The van der Waals surface area contributed by atoms with Gasteiger partial charge in [0.2, 0.25) is 0 Å². The van der Waals surface area contributed by atoms with Crippen molar-refractivity contribution in [2.75, 3.05) is 31.1 Å². The van der Waals surface area contributed by atoms with Crippen molar-refractivity contribution in [3.63, 3.8) is 0 Å². The molecule has 2 aromatic rings. The van der Waals surface area contributed by atoms with Gasteiger partial charge in [-0.2, -0.15) is 0 Å². The Balaban J connectivity index is 2.03. The van der Waals surface area contributed by atoms with E-state index in [1.165, 1.54) is 11.3 Å². The number of aliphatic hydroxyl groups excluding tert-OH is 1. The van der Waals surface area contributed by atoms with Gasteiger partial charge in [-0.3, -0.25) is 4.90 Å². The van der Waals surface area contributed by atoms with Crippen LogP contribution < -0.4 is 4.90 Å². The third kappa shape index (κ3) is 6.84. The third-order valence-corrected chi connectivity index (χ3v) is 5.24. The van der Waals surface area contributed by atoms with Crippen molar-refractivity contribution in [1.82, 2.24) is 4.90 Å². The molecule has 0 fully saturated rings. The summed E-state index contributed by atoms with van der Waals surface area (Å²) in [6.07, 6.45) is 1.77. The molecule has 0 unspecified atom stereocenters. The summed E-state index contributed by atoms with van der Waals surface area (Å²) in [5.74, 6) is 0. The fraction of sp³-hybridized carbons (Fsp3) is 0.478. The summed E-state index contributed by atoms with van der Waals surface area (Å²) < 4.78 is 0. The minimum Gasteiger partial charge on any atom is -0.387 e. The van der Waals surface area contributed by atoms with Crippen LogP contribution in [0.4, 0.5) is 5.69 Å². The van der Waals surface area contributed by atoms with Crippen molar-refractivity contribution in [2.45, 2.75) is 46.3 Å². The molecule has 0 radical (unpaired) electrons. The van der Waals surface area contributed by atoms with Crippen LogP contribution in [0.25, 0.3) is 0 Å². The molecule has 0 heterocycles. The Bertz CT molecular complexity index is 653. The number of aliphatic hydroxyl groups is 1. The van der Waals surface area contributed by atoms with Crippen molar-refractivity contribution in [2.24, 2.45) is 0 Å². The van der Waals surface area contributed by atoms with Crippen molar-refractivity contribution in [3.05, 3.63) is 64.7 Å². The molecule has 4 heteroatoms. The third-order valence-electron chi connectivity index (χ3n) is 4.98. The molecular weight excluding hydrogens is 356 g/mol. The molecule has 0 aliphatic carbocycles. The maximum absolute atomic E-state index is 10.6. The van der Waals surface area contributed by atoms with Gasteiger partial charge in [0.1, 0.15) is 0 Å². The number of benzene rings is 2. The Labute approximate surface area is 169 Å². The van der Waals surface area contributed by atoms with Crippen LogP contribution in [0.15, 0.2) is 48.5 Å². The normalized spacial score (nSPS) is 12.4. The summed E-state index contributed by atoms with van der Waals surface area (Å²) in [5.41, 5.74) is 3.47. The van der Waals surface area contributed by atoms with Crippen molar-refractivity contribution in [3.8, 4) is 0 Å². The van der Waals surface area contributed by atoms with Crippen LogP contribution in [0.3, 0.4) is 0 Å². The molecule has 0 aliphatic heterocycles. The van der Waals surface area contributed by atoms with Gasteiger partial charge in [0, 0.05) is 36.9 Å². The standard InChI is InChI=1S/C23H33ClN2O/c1-4-7-16-25(18-23(27)20-10-12-21(24)13-11-20)17-19-8-14-22(15-9-19)26(5-2)6-3/h8-15,23,27H,4-7,16-18H2,1-3H3/t23-/m0/s1. The highest BCUT2D eigenvalue weighted by atomic mass is 35.5. The Morgan fingerprint density at radius 1 is 0.926 bits per heavy atom. The SMILES string of the molecule is CCCCN(Cc1ccc(N(CC)CC)cc1)C[C@H](O)c1ccc(Cl)cc1. The van der Waals surface area contributed by atoms with Crippen LogP contribution >= 0.6 is 11.6 Å². The predicted octanol–water partition coefficient (Wildman–Crippen LogP) is 5.52. The van der Waals surface area contributed by atoms with Crippen molar-refractivity contribution in [1.29, 1.82) is 0 Å². The number of hydrogen-bond donors (Lipinski definition) is 1. The Hall–Kier alpha value is -1.55. The van der Waals surface area contributed by atoms with Gasteiger partial charge in [0.25, 0.3) is 0 Å². The quantitative estimate of drug-likeness (QED) is 0.548. The highest BCUT2D eigenvalue weighted by molar-refractivity contribution is 6.30. The highest BCUT2D eigenvalue weighted by Gasteiger charge is 2.14. The zero-order valence-electron chi connectivity index (χ0n) is 16.9. The predicted molar refractivity (Wildman–Crippen MR) is 117 cm³/mol. The molecular formula is C23H33ClN2O. The average Bonchev–Trinajstić information content (AvgIpc) is 2.68. The number of rotatable bonds is 11. The second kappa shape index (κ2) is 11.3. The van der Waals surface area contributed by atoms with Crippen LogP contribution in [0.2, 0.25) is 5.02 Å². The molecule has 3 nitrogen and oxygen atoms in total. The lowest BCUT2D eigenvalue weighted by molar-refractivity contribution is 0.108. The van der Waals surface area contributed by atoms with Gasteiger partial charge in [-0.05, 0) is 62.2 Å². The fourth-order valence-corrected chi connectivity index (χ4v) is 3.44. The van der Waals surface area contributed by atoms with E-state index in [1.807, 2.05) is 24.3 Å². The lowest BCUT2D eigenvalue weighted by Gasteiger charge is -2.26. The maximum Gasteiger partial charge on any atom is 0.0917 e. The highest BCUT2D eigenvalue weighted by Crippen LogP contribution is 2.20. The van der Waals surface area contributed by atoms with Crippen LogP contribution in [-0.2, 0) is 6.54 Å². The van der Waals surface area contributed by atoms with Gasteiger partial charge in [0.15, 0.2) is 0 Å². The number of halogens is 1. The van der Waals surface area contributed by atoms with E-state index in [1.54, 1.807) is 0 Å². The first kappa shape index (κ1) is 21.7. The molecule has 2 aromatic carbocycles. The number of hydrogen-bond acceptors (Lipinski definition) is 3. The lowest BCUT2D eigenvalue weighted by atomic mass is 10.1. The van der Waals surface area contributed by atoms with Crippen LogP contribution in [0.1, 0.15) is 50.8 Å². The van der Waals surface area contributed by atoms with Crippen molar-refractivity contribution < 1.29 is 5.11 Å². The average molecular weight is 389 g/mol. The zero-order valence-corrected chi connectivity index (χ0v) is 17.6. The smallest absolute Gasteiger partial charge is 0.0917 e. The number of nitrogens with zero attached hydrogens (tertiary/aromatic N) is 2. The van der Waals surface area contributed by atoms with Gasteiger partial charge in [-0.25, -0.2) is 0 Å². The van der Waals surface area contributed by atoms with E-state index >= 15 is 0 Å². The monoisotopic (exact) mass is 388 g/mol. The first-order chi connectivity index (χ1) is 13.1. The molecule has 27 heavy (non-hydrogen) atoms. The summed E-state index contributed by atoms with van der Waals surface area (Å²) >= 11 is 5.96. The van der Waals surface area contributed by atoms with E-state index in [-0.39, 0.29) is 0 Å². The number of unbranched alkanes of at least 4 members (excludes halogenated alkanes) is 1. The Morgan fingerprint density at radius 3 is 2.11 bits per heavy atom. The molecule has 0 aliphatic rings. The topological polar surface area (TPSA) is 26.7 Å². The van der Waals surface area contributed by atoms with Gasteiger partial charge in [0.05, 0.1) is 6.10 Å². The molecule has 2 rings (SSSR count). The largest absolute Gasteiger partial charge is 0.387 e. The summed E-state index contributed by atoms with van der Waals surface area (Å²) in [5, 5.41) is 11.3. The van der Waals surface area contributed by atoms with Crippen LogP contribution in [0, 0.1) is 0 Å². The van der Waals surface area contributed by atoms with Gasteiger partial charge in [-0.1, -0.05) is 49.2 Å². The zero-order chi connectivity index (χ0) is 19.6. The molecule has 0 bridgehead atoms. The van der Waals surface area contributed by atoms with E-state index < -0.39 is 6.10 Å². The summed E-state index contributed by atoms with van der Waals surface area (Å²) in [6, 6.07) is 16.3. The van der Waals surface area contributed by atoms with E-state index in [0.717, 1.165) is 44.6 Å². The van der Waals surface area contributed by atoms with E-state index in [9.17, 15) is 5.11 Å². The molecule has 1 N–H and O–H groups in total.